The van der Waals surface area contributed by atoms with E-state index < -0.39 is 6.09 Å². The van der Waals surface area contributed by atoms with Crippen LogP contribution >= 0.6 is 0 Å². The Balaban J connectivity index is 1.99. The van der Waals surface area contributed by atoms with Crippen LogP contribution in [-0.2, 0) is 0 Å². The molecule has 1 atom stereocenters. The Morgan fingerprint density at radius 1 is 1.21 bits per heavy atom. The third-order valence-corrected chi connectivity index (χ3v) is 3.65. The largest absolute Gasteiger partial charge is 0.465 e. The third kappa shape index (κ3) is 2.27. The van der Waals surface area contributed by atoms with Crippen LogP contribution in [0.25, 0.3) is 10.8 Å². The summed E-state index contributed by atoms with van der Waals surface area (Å²) in [4.78, 5) is 12.8. The lowest BCUT2D eigenvalue weighted by Crippen LogP contribution is -2.48. The van der Waals surface area contributed by atoms with E-state index in [4.69, 9.17) is 0 Å². The highest BCUT2D eigenvalue weighted by atomic mass is 16.4. The predicted molar refractivity (Wildman–Crippen MR) is 74.3 cm³/mol. The van der Waals surface area contributed by atoms with Crippen LogP contribution in [0.15, 0.2) is 42.5 Å². The van der Waals surface area contributed by atoms with Gasteiger partial charge >= 0.3 is 6.09 Å². The van der Waals surface area contributed by atoms with Gasteiger partial charge in [-0.1, -0.05) is 36.4 Å². The zero-order valence-electron chi connectivity index (χ0n) is 10.5. The molecule has 0 spiro atoms. The summed E-state index contributed by atoms with van der Waals surface area (Å²) in [5, 5.41) is 14.9. The molecule has 1 saturated heterocycles. The lowest BCUT2D eigenvalue weighted by Gasteiger charge is -2.34. The van der Waals surface area contributed by atoms with Gasteiger partial charge < -0.3 is 10.4 Å². The molecule has 1 aliphatic rings. The topological polar surface area (TPSA) is 52.6 Å². The van der Waals surface area contributed by atoms with Crippen LogP contribution in [0.2, 0.25) is 0 Å². The predicted octanol–water partition coefficient (Wildman–Crippen LogP) is 2.46. The van der Waals surface area contributed by atoms with Crippen molar-refractivity contribution in [2.75, 3.05) is 19.6 Å². The average molecular weight is 256 g/mol. The minimum atomic E-state index is -0.848. The van der Waals surface area contributed by atoms with Crippen LogP contribution in [0.5, 0.6) is 0 Å². The van der Waals surface area contributed by atoms with Crippen molar-refractivity contribution in [3.8, 4) is 0 Å². The molecule has 0 aliphatic carbocycles. The Labute approximate surface area is 111 Å². The molecule has 2 aromatic carbocycles. The van der Waals surface area contributed by atoms with Crippen molar-refractivity contribution in [3.05, 3.63) is 48.0 Å². The third-order valence-electron chi connectivity index (χ3n) is 3.65. The van der Waals surface area contributed by atoms with Crippen LogP contribution in [0, 0.1) is 0 Å². The first kappa shape index (κ1) is 12.0. The van der Waals surface area contributed by atoms with Crippen molar-refractivity contribution in [1.29, 1.82) is 0 Å². The molecule has 2 N–H and O–H groups in total. The van der Waals surface area contributed by atoms with E-state index in [0.717, 1.165) is 17.5 Å². The van der Waals surface area contributed by atoms with Gasteiger partial charge in [-0.2, -0.15) is 0 Å². The van der Waals surface area contributed by atoms with Gasteiger partial charge in [-0.05, 0) is 22.4 Å². The molecule has 0 radical (unpaired) electrons. The standard InChI is InChI=1S/C15H16N2O2/c18-15(19)17-8-7-16-10-14(17)13-6-5-11-3-1-2-4-12(11)9-13/h1-6,9,14,16H,7-8,10H2,(H,18,19). The Morgan fingerprint density at radius 3 is 2.79 bits per heavy atom. The second-order valence-electron chi connectivity index (χ2n) is 4.80. The Kier molecular flexibility index (Phi) is 3.09. The second kappa shape index (κ2) is 4.90. The quantitative estimate of drug-likeness (QED) is 0.824. The van der Waals surface area contributed by atoms with Gasteiger partial charge in [-0.25, -0.2) is 4.79 Å². The molecule has 2 aromatic rings. The summed E-state index contributed by atoms with van der Waals surface area (Å²) in [6.45, 7) is 1.92. The fraction of sp³-hybridized carbons (Fsp3) is 0.267. The smallest absolute Gasteiger partial charge is 0.407 e. The second-order valence-corrected chi connectivity index (χ2v) is 4.80. The van der Waals surface area contributed by atoms with Gasteiger partial charge in [0.05, 0.1) is 6.04 Å². The highest BCUT2D eigenvalue weighted by Gasteiger charge is 2.27. The van der Waals surface area contributed by atoms with Gasteiger partial charge in [0.2, 0.25) is 0 Å². The van der Waals surface area contributed by atoms with E-state index in [1.165, 1.54) is 10.3 Å². The molecule has 1 amide bonds. The van der Waals surface area contributed by atoms with Crippen LogP contribution in [-0.4, -0.2) is 35.7 Å². The summed E-state index contributed by atoms with van der Waals surface area (Å²) in [6, 6.07) is 14.2. The first-order chi connectivity index (χ1) is 9.25. The SMILES string of the molecule is O=C(O)N1CCNCC1c1ccc2ccccc2c1. The summed E-state index contributed by atoms with van der Waals surface area (Å²) in [5.41, 5.74) is 1.05. The van der Waals surface area contributed by atoms with E-state index in [0.29, 0.717) is 13.1 Å². The van der Waals surface area contributed by atoms with E-state index in [1.54, 1.807) is 0 Å². The molecule has 4 heteroatoms. The molecule has 1 unspecified atom stereocenters. The molecule has 4 nitrogen and oxygen atoms in total. The molecular weight excluding hydrogens is 240 g/mol. The van der Waals surface area contributed by atoms with Crippen LogP contribution in [0.4, 0.5) is 4.79 Å². The molecule has 3 rings (SSSR count). The first-order valence-corrected chi connectivity index (χ1v) is 6.45. The minimum absolute atomic E-state index is 0.101. The van der Waals surface area contributed by atoms with Gasteiger partial charge in [-0.15, -0.1) is 0 Å². The maximum absolute atomic E-state index is 11.3. The highest BCUT2D eigenvalue weighted by Crippen LogP contribution is 2.25. The summed E-state index contributed by atoms with van der Waals surface area (Å²) < 4.78 is 0. The van der Waals surface area contributed by atoms with Gasteiger partial charge in [0.25, 0.3) is 0 Å². The van der Waals surface area contributed by atoms with Crippen LogP contribution in [0.1, 0.15) is 11.6 Å². The van der Waals surface area contributed by atoms with Crippen molar-refractivity contribution in [2.24, 2.45) is 0 Å². The van der Waals surface area contributed by atoms with Crippen molar-refractivity contribution in [3.63, 3.8) is 0 Å². The molecule has 1 heterocycles. The molecule has 1 aliphatic heterocycles. The number of benzene rings is 2. The van der Waals surface area contributed by atoms with Crippen molar-refractivity contribution in [1.82, 2.24) is 10.2 Å². The number of fused-ring (bicyclic) bond motifs is 1. The van der Waals surface area contributed by atoms with Gasteiger partial charge in [-0.3, -0.25) is 4.90 Å². The van der Waals surface area contributed by atoms with Crippen molar-refractivity contribution >= 4 is 16.9 Å². The number of nitrogens with zero attached hydrogens (tertiary/aromatic N) is 1. The van der Waals surface area contributed by atoms with E-state index in [-0.39, 0.29) is 6.04 Å². The van der Waals surface area contributed by atoms with Gasteiger partial charge in [0.1, 0.15) is 0 Å². The zero-order chi connectivity index (χ0) is 13.2. The number of rotatable bonds is 1. The summed E-state index contributed by atoms with van der Waals surface area (Å²) >= 11 is 0. The maximum Gasteiger partial charge on any atom is 0.407 e. The summed E-state index contributed by atoms with van der Waals surface area (Å²) in [5.74, 6) is 0. The van der Waals surface area contributed by atoms with Crippen LogP contribution in [0.3, 0.4) is 0 Å². The summed E-state index contributed by atoms with van der Waals surface area (Å²) in [6.07, 6.45) is -0.848. The van der Waals surface area contributed by atoms with Gasteiger partial charge in [0.15, 0.2) is 0 Å². The average Bonchev–Trinajstić information content (AvgIpc) is 2.46. The normalized spacial score (nSPS) is 19.6. The lowest BCUT2D eigenvalue weighted by atomic mass is 10.00. The number of carboxylic acid groups (broad SMARTS) is 1. The van der Waals surface area contributed by atoms with Crippen molar-refractivity contribution < 1.29 is 9.90 Å². The lowest BCUT2D eigenvalue weighted by molar-refractivity contribution is 0.112. The van der Waals surface area contributed by atoms with Gasteiger partial charge in [0, 0.05) is 19.6 Å². The van der Waals surface area contributed by atoms with Crippen LogP contribution < -0.4 is 5.32 Å². The number of carbonyl (C=O) groups is 1. The number of hydrogen-bond donors (Lipinski definition) is 2. The maximum atomic E-state index is 11.3. The highest BCUT2D eigenvalue weighted by molar-refractivity contribution is 5.83. The summed E-state index contributed by atoms with van der Waals surface area (Å²) in [7, 11) is 0. The number of amides is 1. The Bertz CT molecular complexity index is 612. The first-order valence-electron chi connectivity index (χ1n) is 6.45. The Hall–Kier alpha value is -2.07. The number of hydrogen-bond acceptors (Lipinski definition) is 2. The molecular formula is C15H16N2O2. The molecule has 0 bridgehead atoms. The van der Waals surface area contributed by atoms with E-state index in [9.17, 15) is 9.90 Å². The fourth-order valence-corrected chi connectivity index (χ4v) is 2.65. The zero-order valence-corrected chi connectivity index (χ0v) is 10.5. The molecule has 98 valence electrons. The van der Waals surface area contributed by atoms with E-state index in [2.05, 4.69) is 29.6 Å². The molecule has 19 heavy (non-hydrogen) atoms. The molecule has 0 aromatic heterocycles. The van der Waals surface area contributed by atoms with E-state index in [1.807, 2.05) is 18.2 Å². The number of piperazine rings is 1. The minimum Gasteiger partial charge on any atom is -0.465 e. The fourth-order valence-electron chi connectivity index (χ4n) is 2.65. The monoisotopic (exact) mass is 256 g/mol. The molecule has 0 saturated carbocycles. The van der Waals surface area contributed by atoms with E-state index >= 15 is 0 Å². The Morgan fingerprint density at radius 2 is 2.00 bits per heavy atom. The molecule has 1 fully saturated rings. The number of nitrogens with one attached hydrogen (secondary N) is 1. The van der Waals surface area contributed by atoms with Crippen molar-refractivity contribution in [2.45, 2.75) is 6.04 Å².